The van der Waals surface area contributed by atoms with Crippen LogP contribution in [0.25, 0.3) is 0 Å². The minimum Gasteiger partial charge on any atom is -0.478 e. The molecule has 1 aromatic heterocycles. The first-order valence-corrected chi connectivity index (χ1v) is 5.19. The smallest absolute Gasteiger partial charge is 0.215 e. The van der Waals surface area contributed by atoms with Crippen molar-refractivity contribution in [1.29, 1.82) is 0 Å². The van der Waals surface area contributed by atoms with E-state index in [-0.39, 0.29) is 0 Å². The number of hydrogen-bond acceptors (Lipinski definition) is 4. The Morgan fingerprint density at radius 2 is 2.27 bits per heavy atom. The predicted octanol–water partition coefficient (Wildman–Crippen LogP) is 1.93. The standard InChI is InChI=1S/C11H18N2O2/c1-3-15-11-7-4-6-10(13-11)12-8-5-9-14-2/h4,6-7H,3,5,8-9H2,1-2H3,(H,12,13). The molecule has 4 heteroatoms. The Balaban J connectivity index is 2.36. The summed E-state index contributed by atoms with van der Waals surface area (Å²) in [5.74, 6) is 1.51. The molecular weight excluding hydrogens is 192 g/mol. The minimum absolute atomic E-state index is 0.639. The second-order valence-electron chi connectivity index (χ2n) is 3.07. The fourth-order valence-corrected chi connectivity index (χ4v) is 1.17. The van der Waals surface area contributed by atoms with Crippen LogP contribution < -0.4 is 10.1 Å². The molecule has 0 bridgehead atoms. The molecule has 1 heterocycles. The maximum Gasteiger partial charge on any atom is 0.215 e. The summed E-state index contributed by atoms with van der Waals surface area (Å²) in [6.07, 6.45) is 0.969. The molecule has 0 saturated carbocycles. The lowest BCUT2D eigenvalue weighted by Gasteiger charge is -2.07. The molecule has 0 aliphatic carbocycles. The van der Waals surface area contributed by atoms with Gasteiger partial charge in [-0.25, -0.2) is 0 Å². The van der Waals surface area contributed by atoms with Crippen LogP contribution in [0.2, 0.25) is 0 Å². The fourth-order valence-electron chi connectivity index (χ4n) is 1.17. The van der Waals surface area contributed by atoms with E-state index < -0.39 is 0 Å². The van der Waals surface area contributed by atoms with E-state index in [1.165, 1.54) is 0 Å². The van der Waals surface area contributed by atoms with Gasteiger partial charge in [-0.05, 0) is 19.4 Å². The molecule has 1 rings (SSSR count). The SMILES string of the molecule is CCOc1cccc(NCCCOC)n1. The first-order chi connectivity index (χ1) is 7.36. The summed E-state index contributed by atoms with van der Waals surface area (Å²) in [5.41, 5.74) is 0. The van der Waals surface area contributed by atoms with E-state index in [0.29, 0.717) is 12.5 Å². The molecule has 4 nitrogen and oxygen atoms in total. The Bertz CT molecular complexity index is 279. The molecule has 15 heavy (non-hydrogen) atoms. The van der Waals surface area contributed by atoms with E-state index in [1.807, 2.05) is 25.1 Å². The van der Waals surface area contributed by atoms with E-state index >= 15 is 0 Å². The van der Waals surface area contributed by atoms with Crippen LogP contribution in [0.1, 0.15) is 13.3 Å². The number of rotatable bonds is 7. The lowest BCUT2D eigenvalue weighted by Crippen LogP contribution is -2.06. The molecule has 0 saturated heterocycles. The van der Waals surface area contributed by atoms with Gasteiger partial charge in [0.25, 0.3) is 0 Å². The quantitative estimate of drug-likeness (QED) is 0.698. The van der Waals surface area contributed by atoms with Crippen LogP contribution in [-0.4, -0.2) is 31.9 Å². The predicted molar refractivity (Wildman–Crippen MR) is 60.4 cm³/mol. The highest BCUT2D eigenvalue weighted by atomic mass is 16.5. The number of anilines is 1. The fraction of sp³-hybridized carbons (Fsp3) is 0.545. The van der Waals surface area contributed by atoms with Crippen molar-refractivity contribution < 1.29 is 9.47 Å². The van der Waals surface area contributed by atoms with Crippen LogP contribution in [0.3, 0.4) is 0 Å². The molecule has 0 aromatic carbocycles. The molecule has 0 atom stereocenters. The Kier molecular flexibility index (Phi) is 5.55. The first-order valence-electron chi connectivity index (χ1n) is 5.19. The Hall–Kier alpha value is -1.29. The van der Waals surface area contributed by atoms with Crippen LogP contribution in [0.15, 0.2) is 18.2 Å². The van der Waals surface area contributed by atoms with Crippen molar-refractivity contribution in [2.75, 3.05) is 32.2 Å². The first kappa shape index (κ1) is 11.8. The molecule has 0 fully saturated rings. The maximum atomic E-state index is 5.30. The van der Waals surface area contributed by atoms with Crippen LogP contribution >= 0.6 is 0 Å². The highest BCUT2D eigenvalue weighted by Crippen LogP contribution is 2.10. The highest BCUT2D eigenvalue weighted by molar-refractivity contribution is 5.36. The zero-order valence-electron chi connectivity index (χ0n) is 9.32. The third kappa shape index (κ3) is 4.65. The lowest BCUT2D eigenvalue weighted by atomic mass is 10.4. The summed E-state index contributed by atoms with van der Waals surface area (Å²) in [4.78, 5) is 4.29. The second-order valence-corrected chi connectivity index (χ2v) is 3.07. The zero-order chi connectivity index (χ0) is 10.9. The molecule has 0 amide bonds. The average molecular weight is 210 g/mol. The van der Waals surface area contributed by atoms with Gasteiger partial charge < -0.3 is 14.8 Å². The zero-order valence-corrected chi connectivity index (χ0v) is 9.32. The summed E-state index contributed by atoms with van der Waals surface area (Å²) in [6.45, 7) is 4.20. The summed E-state index contributed by atoms with van der Waals surface area (Å²) < 4.78 is 10.3. The van der Waals surface area contributed by atoms with Crippen molar-refractivity contribution >= 4 is 5.82 Å². The minimum atomic E-state index is 0.639. The largest absolute Gasteiger partial charge is 0.478 e. The van der Waals surface area contributed by atoms with Gasteiger partial charge in [-0.3, -0.25) is 0 Å². The Labute approximate surface area is 90.6 Å². The van der Waals surface area contributed by atoms with Gasteiger partial charge in [0.15, 0.2) is 0 Å². The number of nitrogens with one attached hydrogen (secondary N) is 1. The van der Waals surface area contributed by atoms with Crippen molar-refractivity contribution in [3.8, 4) is 5.88 Å². The van der Waals surface area contributed by atoms with E-state index in [9.17, 15) is 0 Å². The molecule has 0 aliphatic heterocycles. The number of methoxy groups -OCH3 is 1. The van der Waals surface area contributed by atoms with Crippen LogP contribution in [0.5, 0.6) is 5.88 Å². The van der Waals surface area contributed by atoms with Crippen LogP contribution in [0, 0.1) is 0 Å². The van der Waals surface area contributed by atoms with E-state index in [1.54, 1.807) is 7.11 Å². The normalized spacial score (nSPS) is 10.0. The Morgan fingerprint density at radius 1 is 1.40 bits per heavy atom. The molecule has 1 aromatic rings. The van der Waals surface area contributed by atoms with Gasteiger partial charge >= 0.3 is 0 Å². The molecule has 1 N–H and O–H groups in total. The average Bonchev–Trinajstić information content (AvgIpc) is 2.26. The van der Waals surface area contributed by atoms with Crippen molar-refractivity contribution in [2.45, 2.75) is 13.3 Å². The molecule has 0 spiro atoms. The van der Waals surface area contributed by atoms with Gasteiger partial charge in [-0.2, -0.15) is 4.98 Å². The van der Waals surface area contributed by atoms with Gasteiger partial charge in [0.05, 0.1) is 6.61 Å². The third-order valence-corrected chi connectivity index (χ3v) is 1.85. The van der Waals surface area contributed by atoms with Crippen molar-refractivity contribution in [2.24, 2.45) is 0 Å². The number of aromatic nitrogens is 1. The third-order valence-electron chi connectivity index (χ3n) is 1.85. The lowest BCUT2D eigenvalue weighted by molar-refractivity contribution is 0.197. The van der Waals surface area contributed by atoms with Gasteiger partial charge in [-0.1, -0.05) is 6.07 Å². The summed E-state index contributed by atoms with van der Waals surface area (Å²) in [7, 11) is 1.70. The maximum absolute atomic E-state index is 5.30. The molecule has 0 radical (unpaired) electrons. The van der Waals surface area contributed by atoms with Crippen molar-refractivity contribution in [3.05, 3.63) is 18.2 Å². The monoisotopic (exact) mass is 210 g/mol. The van der Waals surface area contributed by atoms with Gasteiger partial charge in [-0.15, -0.1) is 0 Å². The van der Waals surface area contributed by atoms with Crippen molar-refractivity contribution in [3.63, 3.8) is 0 Å². The number of ether oxygens (including phenoxy) is 2. The molecule has 84 valence electrons. The number of nitrogens with zero attached hydrogens (tertiary/aromatic N) is 1. The molecular formula is C11H18N2O2. The summed E-state index contributed by atoms with van der Waals surface area (Å²) >= 11 is 0. The van der Waals surface area contributed by atoms with E-state index in [4.69, 9.17) is 9.47 Å². The van der Waals surface area contributed by atoms with Crippen LogP contribution in [-0.2, 0) is 4.74 Å². The van der Waals surface area contributed by atoms with Crippen LogP contribution in [0.4, 0.5) is 5.82 Å². The van der Waals surface area contributed by atoms with Gasteiger partial charge in [0.1, 0.15) is 5.82 Å². The number of pyridine rings is 1. The Morgan fingerprint density at radius 3 is 3.00 bits per heavy atom. The summed E-state index contributed by atoms with van der Waals surface area (Å²) in [6, 6.07) is 5.70. The summed E-state index contributed by atoms with van der Waals surface area (Å²) in [5, 5.41) is 3.21. The van der Waals surface area contributed by atoms with Gasteiger partial charge in [0.2, 0.25) is 5.88 Å². The number of hydrogen-bond donors (Lipinski definition) is 1. The second kappa shape index (κ2) is 7.06. The molecule has 0 unspecified atom stereocenters. The van der Waals surface area contributed by atoms with Crippen molar-refractivity contribution in [1.82, 2.24) is 4.98 Å². The van der Waals surface area contributed by atoms with E-state index in [0.717, 1.165) is 25.4 Å². The topological polar surface area (TPSA) is 43.4 Å². The van der Waals surface area contributed by atoms with Gasteiger partial charge in [0, 0.05) is 26.3 Å². The van der Waals surface area contributed by atoms with E-state index in [2.05, 4.69) is 10.3 Å². The molecule has 0 aliphatic rings. The highest BCUT2D eigenvalue weighted by Gasteiger charge is 1.96.